The Morgan fingerprint density at radius 1 is 1.50 bits per heavy atom. The summed E-state index contributed by atoms with van der Waals surface area (Å²) in [5.41, 5.74) is 0. The lowest BCUT2D eigenvalue weighted by atomic mass is 10.1. The highest BCUT2D eigenvalue weighted by Crippen LogP contribution is 2.06. The van der Waals surface area contributed by atoms with Crippen molar-refractivity contribution in [2.45, 2.75) is 39.2 Å². The van der Waals surface area contributed by atoms with E-state index in [0.717, 1.165) is 19.5 Å². The third-order valence-electron chi connectivity index (χ3n) is 2.67. The molecule has 0 saturated carbocycles. The standard InChI is InChI=1S/C12H24N2O2/c1-10(2)7-14-12(15)9-16-8-11-5-3-4-6-13-11/h10-11,13H,3-9H2,1-2H3,(H,14,15). The van der Waals surface area contributed by atoms with Crippen LogP contribution in [0.5, 0.6) is 0 Å². The molecular weight excluding hydrogens is 204 g/mol. The first-order valence-electron chi connectivity index (χ1n) is 6.26. The van der Waals surface area contributed by atoms with Gasteiger partial charge in [-0.1, -0.05) is 20.3 Å². The average molecular weight is 228 g/mol. The molecule has 0 aliphatic carbocycles. The third-order valence-corrected chi connectivity index (χ3v) is 2.67. The van der Waals surface area contributed by atoms with Gasteiger partial charge in [0, 0.05) is 12.6 Å². The van der Waals surface area contributed by atoms with Crippen LogP contribution in [-0.4, -0.2) is 38.3 Å². The number of ether oxygens (including phenoxy) is 1. The van der Waals surface area contributed by atoms with E-state index in [1.54, 1.807) is 0 Å². The molecule has 1 heterocycles. The molecule has 1 unspecified atom stereocenters. The largest absolute Gasteiger partial charge is 0.370 e. The van der Waals surface area contributed by atoms with Crippen LogP contribution in [0.3, 0.4) is 0 Å². The second-order valence-electron chi connectivity index (χ2n) is 4.86. The highest BCUT2D eigenvalue weighted by Gasteiger charge is 2.12. The lowest BCUT2D eigenvalue weighted by Crippen LogP contribution is -2.39. The highest BCUT2D eigenvalue weighted by molar-refractivity contribution is 5.77. The summed E-state index contributed by atoms with van der Waals surface area (Å²) in [6.45, 7) is 6.79. The number of carbonyl (C=O) groups excluding carboxylic acids is 1. The van der Waals surface area contributed by atoms with E-state index in [2.05, 4.69) is 24.5 Å². The summed E-state index contributed by atoms with van der Waals surface area (Å²) in [7, 11) is 0. The first-order valence-corrected chi connectivity index (χ1v) is 6.26. The van der Waals surface area contributed by atoms with E-state index in [9.17, 15) is 4.79 Å². The molecule has 1 saturated heterocycles. The van der Waals surface area contributed by atoms with Crippen LogP contribution in [0.1, 0.15) is 33.1 Å². The summed E-state index contributed by atoms with van der Waals surface area (Å²) in [6.07, 6.45) is 3.68. The minimum atomic E-state index is -0.00971. The molecule has 4 heteroatoms. The molecule has 1 atom stereocenters. The number of carbonyl (C=O) groups is 1. The minimum Gasteiger partial charge on any atom is -0.370 e. The van der Waals surface area contributed by atoms with Crippen LogP contribution in [0.15, 0.2) is 0 Å². The zero-order valence-electron chi connectivity index (χ0n) is 10.4. The van der Waals surface area contributed by atoms with Gasteiger partial charge < -0.3 is 15.4 Å². The van der Waals surface area contributed by atoms with Gasteiger partial charge >= 0.3 is 0 Å². The van der Waals surface area contributed by atoms with Crippen LogP contribution < -0.4 is 10.6 Å². The molecule has 0 spiro atoms. The Labute approximate surface area is 98.1 Å². The maximum atomic E-state index is 11.3. The van der Waals surface area contributed by atoms with Crippen LogP contribution in [0.4, 0.5) is 0 Å². The Morgan fingerprint density at radius 2 is 2.31 bits per heavy atom. The van der Waals surface area contributed by atoms with Crippen molar-refractivity contribution in [2.24, 2.45) is 5.92 Å². The van der Waals surface area contributed by atoms with Crippen molar-refractivity contribution in [2.75, 3.05) is 26.3 Å². The van der Waals surface area contributed by atoms with E-state index in [-0.39, 0.29) is 12.5 Å². The van der Waals surface area contributed by atoms with Gasteiger partial charge in [0.2, 0.25) is 5.91 Å². The smallest absolute Gasteiger partial charge is 0.246 e. The van der Waals surface area contributed by atoms with Crippen molar-refractivity contribution in [1.29, 1.82) is 0 Å². The number of amides is 1. The van der Waals surface area contributed by atoms with Crippen molar-refractivity contribution >= 4 is 5.91 Å². The van der Waals surface area contributed by atoms with Gasteiger partial charge in [0.25, 0.3) is 0 Å². The highest BCUT2D eigenvalue weighted by atomic mass is 16.5. The van der Waals surface area contributed by atoms with Crippen molar-refractivity contribution in [1.82, 2.24) is 10.6 Å². The topological polar surface area (TPSA) is 50.4 Å². The van der Waals surface area contributed by atoms with Crippen molar-refractivity contribution < 1.29 is 9.53 Å². The number of piperidine rings is 1. The van der Waals surface area contributed by atoms with Crippen LogP contribution in [0, 0.1) is 5.92 Å². The molecule has 16 heavy (non-hydrogen) atoms. The van der Waals surface area contributed by atoms with E-state index in [0.29, 0.717) is 18.6 Å². The molecular formula is C12H24N2O2. The van der Waals surface area contributed by atoms with Gasteiger partial charge in [-0.2, -0.15) is 0 Å². The van der Waals surface area contributed by atoms with Crippen molar-refractivity contribution in [3.05, 3.63) is 0 Å². The summed E-state index contributed by atoms with van der Waals surface area (Å²) in [4.78, 5) is 11.3. The Kier molecular flexibility index (Phi) is 6.42. The number of hydrogen-bond donors (Lipinski definition) is 2. The molecule has 0 aromatic heterocycles. The molecule has 0 aromatic carbocycles. The van der Waals surface area contributed by atoms with Crippen LogP contribution in [0.2, 0.25) is 0 Å². The summed E-state index contributed by atoms with van der Waals surface area (Å²) in [6, 6.07) is 0.437. The summed E-state index contributed by atoms with van der Waals surface area (Å²) in [5, 5.41) is 6.22. The quantitative estimate of drug-likeness (QED) is 0.710. The number of rotatable bonds is 6. The maximum absolute atomic E-state index is 11.3. The van der Waals surface area contributed by atoms with E-state index < -0.39 is 0 Å². The van der Waals surface area contributed by atoms with Crippen LogP contribution in [-0.2, 0) is 9.53 Å². The van der Waals surface area contributed by atoms with E-state index in [1.165, 1.54) is 12.8 Å². The first kappa shape index (κ1) is 13.5. The fourth-order valence-corrected chi connectivity index (χ4v) is 1.73. The summed E-state index contributed by atoms with van der Waals surface area (Å²) in [5.74, 6) is 0.480. The Hall–Kier alpha value is -0.610. The van der Waals surface area contributed by atoms with Gasteiger partial charge in [0.05, 0.1) is 6.61 Å². The number of nitrogens with one attached hydrogen (secondary N) is 2. The molecule has 1 aliphatic rings. The zero-order chi connectivity index (χ0) is 11.8. The number of hydrogen-bond acceptors (Lipinski definition) is 3. The van der Waals surface area contributed by atoms with E-state index in [1.807, 2.05) is 0 Å². The van der Waals surface area contributed by atoms with Crippen molar-refractivity contribution in [3.63, 3.8) is 0 Å². The van der Waals surface area contributed by atoms with E-state index >= 15 is 0 Å². The third kappa shape index (κ3) is 6.08. The van der Waals surface area contributed by atoms with Gasteiger partial charge in [-0.3, -0.25) is 4.79 Å². The summed E-state index contributed by atoms with van der Waals surface area (Å²) < 4.78 is 5.39. The van der Waals surface area contributed by atoms with Gasteiger partial charge in [0.15, 0.2) is 0 Å². The Morgan fingerprint density at radius 3 is 2.94 bits per heavy atom. The lowest BCUT2D eigenvalue weighted by Gasteiger charge is -2.23. The van der Waals surface area contributed by atoms with Crippen LogP contribution >= 0.6 is 0 Å². The van der Waals surface area contributed by atoms with Crippen molar-refractivity contribution in [3.8, 4) is 0 Å². The van der Waals surface area contributed by atoms with Gasteiger partial charge in [-0.15, -0.1) is 0 Å². The SMILES string of the molecule is CC(C)CNC(=O)COCC1CCCCN1. The summed E-state index contributed by atoms with van der Waals surface area (Å²) >= 11 is 0. The molecule has 1 fully saturated rings. The predicted molar refractivity (Wildman–Crippen MR) is 64.3 cm³/mol. The molecule has 2 N–H and O–H groups in total. The fraction of sp³-hybridized carbons (Fsp3) is 0.917. The van der Waals surface area contributed by atoms with Crippen LogP contribution in [0.25, 0.3) is 0 Å². The Bertz CT molecular complexity index is 201. The lowest BCUT2D eigenvalue weighted by molar-refractivity contribution is -0.126. The maximum Gasteiger partial charge on any atom is 0.246 e. The average Bonchev–Trinajstić information content (AvgIpc) is 2.28. The van der Waals surface area contributed by atoms with Gasteiger partial charge in [-0.25, -0.2) is 0 Å². The molecule has 94 valence electrons. The van der Waals surface area contributed by atoms with E-state index in [4.69, 9.17) is 4.74 Å². The van der Waals surface area contributed by atoms with Gasteiger partial charge in [0.1, 0.15) is 6.61 Å². The van der Waals surface area contributed by atoms with Gasteiger partial charge in [-0.05, 0) is 25.3 Å². The molecule has 0 aromatic rings. The first-order chi connectivity index (χ1) is 7.68. The molecule has 0 bridgehead atoms. The minimum absolute atomic E-state index is 0.00971. The second-order valence-corrected chi connectivity index (χ2v) is 4.86. The second kappa shape index (κ2) is 7.63. The zero-order valence-corrected chi connectivity index (χ0v) is 10.4. The molecule has 1 amide bonds. The Balaban J connectivity index is 1.99. The normalized spacial score (nSPS) is 21.1. The molecule has 0 radical (unpaired) electrons. The predicted octanol–water partition coefficient (Wildman–Crippen LogP) is 0.917. The molecule has 1 rings (SSSR count). The molecule has 1 aliphatic heterocycles. The monoisotopic (exact) mass is 228 g/mol. The molecule has 4 nitrogen and oxygen atoms in total. The fourth-order valence-electron chi connectivity index (χ4n) is 1.73.